The van der Waals surface area contributed by atoms with Gasteiger partial charge in [0.2, 0.25) is 5.79 Å². The minimum absolute atomic E-state index is 0.0328. The van der Waals surface area contributed by atoms with Gasteiger partial charge in [0, 0.05) is 18.0 Å². The quantitative estimate of drug-likeness (QED) is 0.657. The predicted molar refractivity (Wildman–Crippen MR) is 69.0 cm³/mol. The maximum absolute atomic E-state index is 14.6. The number of rotatable bonds is 2. The summed E-state index contributed by atoms with van der Waals surface area (Å²) in [5.41, 5.74) is 11.4. The molecule has 4 nitrogen and oxygen atoms in total. The molecule has 1 aromatic carbocycles. The average molecular weight is 287 g/mol. The number of hydrogen-bond donors (Lipinski definition) is 2. The van der Waals surface area contributed by atoms with E-state index in [0.717, 1.165) is 0 Å². The van der Waals surface area contributed by atoms with Gasteiger partial charge in [-0.25, -0.2) is 14.4 Å². The fourth-order valence-corrected chi connectivity index (χ4v) is 1.93. The van der Waals surface area contributed by atoms with Gasteiger partial charge in [0.1, 0.15) is 0 Å². The molecule has 2 rings (SSSR count). The van der Waals surface area contributed by atoms with Crippen LogP contribution in [0.4, 0.5) is 10.1 Å². The molecule has 1 heterocycles. The minimum atomic E-state index is -2.43. The van der Waals surface area contributed by atoms with Crippen LogP contribution in [0.25, 0.3) is 0 Å². The van der Waals surface area contributed by atoms with Crippen LogP contribution in [0.2, 0.25) is 10.0 Å². The van der Waals surface area contributed by atoms with Crippen molar-refractivity contribution in [3.05, 3.63) is 52.0 Å². The number of nitrogens with zero attached hydrogens (tertiary/aromatic N) is 2. The predicted octanol–water partition coefficient (Wildman–Crippen LogP) is 2.49. The molecule has 18 heavy (non-hydrogen) atoms. The molecule has 0 saturated carbocycles. The van der Waals surface area contributed by atoms with Crippen molar-refractivity contribution in [2.75, 3.05) is 5.73 Å². The maximum atomic E-state index is 14.6. The van der Waals surface area contributed by atoms with Crippen LogP contribution in [-0.2, 0) is 5.79 Å². The second-order valence-electron chi connectivity index (χ2n) is 3.61. The fraction of sp³-hybridized carbons (Fsp3) is 0.0909. The highest BCUT2D eigenvalue weighted by Gasteiger charge is 2.35. The van der Waals surface area contributed by atoms with Crippen molar-refractivity contribution in [2.24, 2.45) is 5.73 Å². The van der Waals surface area contributed by atoms with E-state index in [2.05, 4.69) is 9.97 Å². The Balaban J connectivity index is 2.58. The zero-order valence-corrected chi connectivity index (χ0v) is 10.6. The topological polar surface area (TPSA) is 77.8 Å². The summed E-state index contributed by atoms with van der Waals surface area (Å²) in [5, 5.41) is 0.00620. The lowest BCUT2D eigenvalue weighted by atomic mass is 10.0. The Morgan fingerprint density at radius 1 is 1.11 bits per heavy atom. The molecular weight excluding hydrogens is 278 g/mol. The van der Waals surface area contributed by atoms with Gasteiger partial charge in [-0.3, -0.25) is 5.73 Å². The molecule has 7 heteroatoms. The molecule has 0 unspecified atom stereocenters. The molecule has 1 atom stereocenters. The second-order valence-corrected chi connectivity index (χ2v) is 4.37. The first-order chi connectivity index (χ1) is 8.44. The van der Waals surface area contributed by atoms with Crippen LogP contribution in [0.1, 0.15) is 11.4 Å². The van der Waals surface area contributed by atoms with Gasteiger partial charge >= 0.3 is 0 Å². The number of alkyl halides is 1. The molecule has 0 radical (unpaired) electrons. The van der Waals surface area contributed by atoms with Crippen molar-refractivity contribution in [1.82, 2.24) is 9.97 Å². The second kappa shape index (κ2) is 4.68. The first-order valence-corrected chi connectivity index (χ1v) is 5.69. The van der Waals surface area contributed by atoms with Crippen LogP contribution < -0.4 is 11.5 Å². The van der Waals surface area contributed by atoms with Crippen molar-refractivity contribution >= 4 is 28.9 Å². The summed E-state index contributed by atoms with van der Waals surface area (Å²) < 4.78 is 14.6. The Hall–Kier alpha value is -1.43. The molecule has 0 saturated heterocycles. The van der Waals surface area contributed by atoms with Crippen LogP contribution in [0.15, 0.2) is 30.6 Å². The van der Waals surface area contributed by atoms with E-state index in [1.165, 1.54) is 24.5 Å². The number of hydrogen-bond acceptors (Lipinski definition) is 4. The largest absolute Gasteiger partial charge is 0.397 e. The number of aromatic nitrogens is 2. The third kappa shape index (κ3) is 2.12. The molecule has 0 amide bonds. The van der Waals surface area contributed by atoms with Crippen LogP contribution in [0.5, 0.6) is 0 Å². The molecule has 2 aromatic rings. The van der Waals surface area contributed by atoms with Crippen molar-refractivity contribution in [3.8, 4) is 0 Å². The molecule has 94 valence electrons. The lowest BCUT2D eigenvalue weighted by molar-refractivity contribution is 0.218. The van der Waals surface area contributed by atoms with E-state index in [0.29, 0.717) is 0 Å². The Labute approximate surface area is 113 Å². The lowest BCUT2D eigenvalue weighted by Crippen LogP contribution is -2.35. The first-order valence-electron chi connectivity index (χ1n) is 4.94. The van der Waals surface area contributed by atoms with E-state index in [1.54, 1.807) is 6.07 Å². The van der Waals surface area contributed by atoms with E-state index in [4.69, 9.17) is 34.7 Å². The monoisotopic (exact) mass is 286 g/mol. The standard InChI is InChI=1S/C11H9Cl2FN4/c12-8-6(2-3-7(15)9(8)13)11(14,16)10-17-4-1-5-18-10/h1-5H,15-16H2/t11-/m0/s1. The smallest absolute Gasteiger partial charge is 0.246 e. The van der Waals surface area contributed by atoms with Crippen LogP contribution in [-0.4, -0.2) is 9.97 Å². The van der Waals surface area contributed by atoms with Gasteiger partial charge in [-0.05, 0) is 12.1 Å². The Kier molecular flexibility index (Phi) is 3.38. The van der Waals surface area contributed by atoms with E-state index in [1.807, 2.05) is 0 Å². The number of nitrogen functional groups attached to an aromatic ring is 1. The normalized spacial score (nSPS) is 14.2. The van der Waals surface area contributed by atoms with E-state index >= 15 is 0 Å². The van der Waals surface area contributed by atoms with Gasteiger partial charge in [0.25, 0.3) is 0 Å². The molecule has 0 aliphatic carbocycles. The lowest BCUT2D eigenvalue weighted by Gasteiger charge is -2.21. The summed E-state index contributed by atoms with van der Waals surface area (Å²) in [6, 6.07) is 4.34. The summed E-state index contributed by atoms with van der Waals surface area (Å²) in [7, 11) is 0. The highest BCUT2D eigenvalue weighted by molar-refractivity contribution is 6.44. The van der Waals surface area contributed by atoms with Crippen LogP contribution >= 0.6 is 23.2 Å². The van der Waals surface area contributed by atoms with Crippen molar-refractivity contribution in [2.45, 2.75) is 5.79 Å². The maximum Gasteiger partial charge on any atom is 0.246 e. The molecule has 0 aliphatic rings. The zero-order valence-electron chi connectivity index (χ0n) is 9.07. The Morgan fingerprint density at radius 3 is 2.33 bits per heavy atom. The molecule has 0 fully saturated rings. The summed E-state index contributed by atoms with van der Waals surface area (Å²) >= 11 is 11.8. The number of anilines is 1. The third-order valence-corrected chi connectivity index (χ3v) is 3.29. The molecular formula is C11H9Cl2FN4. The summed E-state index contributed by atoms with van der Waals surface area (Å²) in [6.07, 6.45) is 2.77. The van der Waals surface area contributed by atoms with Gasteiger partial charge < -0.3 is 5.73 Å². The van der Waals surface area contributed by atoms with Crippen molar-refractivity contribution in [3.63, 3.8) is 0 Å². The van der Waals surface area contributed by atoms with Gasteiger partial charge in [-0.2, -0.15) is 0 Å². The SMILES string of the molecule is Nc1ccc([C@@](N)(F)c2ncccn2)c(Cl)c1Cl. The summed E-state index contributed by atoms with van der Waals surface area (Å²) in [5.74, 6) is -2.64. The third-order valence-electron chi connectivity index (χ3n) is 2.40. The summed E-state index contributed by atoms with van der Waals surface area (Å²) in [6.45, 7) is 0. The molecule has 0 aliphatic heterocycles. The molecule has 0 spiro atoms. The molecule has 1 aromatic heterocycles. The number of benzene rings is 1. The average Bonchev–Trinajstić information content (AvgIpc) is 2.37. The number of halogens is 3. The summed E-state index contributed by atoms with van der Waals surface area (Å²) in [4.78, 5) is 7.55. The zero-order chi connectivity index (χ0) is 13.3. The van der Waals surface area contributed by atoms with E-state index < -0.39 is 5.79 Å². The highest BCUT2D eigenvalue weighted by Crippen LogP contribution is 2.38. The van der Waals surface area contributed by atoms with Crippen LogP contribution in [0.3, 0.4) is 0 Å². The van der Waals surface area contributed by atoms with Crippen molar-refractivity contribution < 1.29 is 4.39 Å². The van der Waals surface area contributed by atoms with Crippen LogP contribution in [0, 0.1) is 0 Å². The number of nitrogens with two attached hydrogens (primary N) is 2. The van der Waals surface area contributed by atoms with Gasteiger partial charge in [0.15, 0.2) is 5.82 Å². The van der Waals surface area contributed by atoms with Gasteiger partial charge in [-0.15, -0.1) is 0 Å². The minimum Gasteiger partial charge on any atom is -0.397 e. The van der Waals surface area contributed by atoms with E-state index in [-0.39, 0.29) is 27.1 Å². The van der Waals surface area contributed by atoms with Crippen molar-refractivity contribution in [1.29, 1.82) is 0 Å². The Bertz CT molecular complexity index is 575. The van der Waals surface area contributed by atoms with Gasteiger partial charge in [0.05, 0.1) is 15.7 Å². The molecule has 0 bridgehead atoms. The first kappa shape index (κ1) is 13.0. The van der Waals surface area contributed by atoms with E-state index in [9.17, 15) is 4.39 Å². The Morgan fingerprint density at radius 2 is 1.72 bits per heavy atom. The molecule has 4 N–H and O–H groups in total. The van der Waals surface area contributed by atoms with Gasteiger partial charge in [-0.1, -0.05) is 29.3 Å². The highest BCUT2D eigenvalue weighted by atomic mass is 35.5. The fourth-order valence-electron chi connectivity index (χ4n) is 1.45.